The molecule has 1 aromatic carbocycles. The highest BCUT2D eigenvalue weighted by Crippen LogP contribution is 2.53. The number of aliphatic hydroxyl groups is 1. The highest BCUT2D eigenvalue weighted by atomic mass is 35.5. The molecule has 0 aromatic heterocycles. The monoisotopic (exact) mass is 245 g/mol. The van der Waals surface area contributed by atoms with Crippen molar-refractivity contribution in [2.75, 3.05) is 13.2 Å². The Hall–Kier alpha value is -0.280. The summed E-state index contributed by atoms with van der Waals surface area (Å²) >= 11 is 11.8. The second-order valence-corrected chi connectivity index (χ2v) is 4.89. The molecule has 2 atom stereocenters. The van der Waals surface area contributed by atoms with Gasteiger partial charge in [0.2, 0.25) is 0 Å². The maximum atomic E-state index is 9.14. The van der Waals surface area contributed by atoms with Gasteiger partial charge < -0.3 is 10.8 Å². The van der Waals surface area contributed by atoms with Gasteiger partial charge in [-0.15, -0.1) is 0 Å². The Labute approximate surface area is 99.0 Å². The van der Waals surface area contributed by atoms with E-state index in [9.17, 15) is 0 Å². The van der Waals surface area contributed by atoms with Crippen molar-refractivity contribution in [3.8, 4) is 0 Å². The Morgan fingerprint density at radius 3 is 2.60 bits per heavy atom. The zero-order valence-corrected chi connectivity index (χ0v) is 9.72. The first kappa shape index (κ1) is 11.2. The maximum Gasteiger partial charge on any atom is 0.0595 e. The van der Waals surface area contributed by atoms with Gasteiger partial charge in [-0.25, -0.2) is 0 Å². The summed E-state index contributed by atoms with van der Waals surface area (Å²) in [5.74, 6) is 0.264. The van der Waals surface area contributed by atoms with Crippen LogP contribution in [0, 0.1) is 5.92 Å². The van der Waals surface area contributed by atoms with Crippen LogP contribution in [0.1, 0.15) is 12.0 Å². The minimum absolute atomic E-state index is 0.0804. The average molecular weight is 246 g/mol. The molecule has 3 N–H and O–H groups in total. The zero-order chi connectivity index (χ0) is 11.1. The Balaban J connectivity index is 2.33. The quantitative estimate of drug-likeness (QED) is 0.858. The van der Waals surface area contributed by atoms with Gasteiger partial charge in [-0.1, -0.05) is 29.3 Å². The third kappa shape index (κ3) is 1.76. The van der Waals surface area contributed by atoms with Crippen LogP contribution in [-0.2, 0) is 5.41 Å². The second-order valence-electron chi connectivity index (χ2n) is 4.07. The Kier molecular flexibility index (Phi) is 2.95. The molecule has 1 aromatic rings. The SMILES string of the molecule is NC[C@]1(c2ccc(Cl)c(Cl)c2)C[C@@H]1CO. The van der Waals surface area contributed by atoms with E-state index in [2.05, 4.69) is 0 Å². The standard InChI is InChI=1S/C11H13Cl2NO/c12-9-2-1-7(3-10(9)13)11(6-14)4-8(11)5-15/h1-3,8,15H,4-6,14H2/t8-,11+/m1/s1. The summed E-state index contributed by atoms with van der Waals surface area (Å²) in [4.78, 5) is 0. The van der Waals surface area contributed by atoms with Crippen LogP contribution in [0.25, 0.3) is 0 Å². The molecule has 0 unspecified atom stereocenters. The summed E-state index contributed by atoms with van der Waals surface area (Å²) in [6, 6.07) is 5.58. The lowest BCUT2D eigenvalue weighted by molar-refractivity contribution is 0.264. The molecule has 0 saturated heterocycles. The van der Waals surface area contributed by atoms with Crippen LogP contribution in [0.3, 0.4) is 0 Å². The van der Waals surface area contributed by atoms with E-state index in [1.165, 1.54) is 0 Å². The molecule has 1 fully saturated rings. The number of halogens is 2. The number of benzene rings is 1. The van der Waals surface area contributed by atoms with E-state index in [0.717, 1.165) is 12.0 Å². The third-order valence-corrected chi connectivity index (χ3v) is 4.05. The Morgan fingerprint density at radius 2 is 2.13 bits per heavy atom. The van der Waals surface area contributed by atoms with Crippen LogP contribution in [0.2, 0.25) is 10.0 Å². The van der Waals surface area contributed by atoms with E-state index in [-0.39, 0.29) is 17.9 Å². The molecule has 1 saturated carbocycles. The molecule has 15 heavy (non-hydrogen) atoms. The first-order valence-electron chi connectivity index (χ1n) is 4.90. The maximum absolute atomic E-state index is 9.14. The molecule has 2 rings (SSSR count). The minimum atomic E-state index is -0.0804. The van der Waals surface area contributed by atoms with Crippen molar-refractivity contribution < 1.29 is 5.11 Å². The number of rotatable bonds is 3. The van der Waals surface area contributed by atoms with Gasteiger partial charge in [0.1, 0.15) is 0 Å². The van der Waals surface area contributed by atoms with Crippen LogP contribution in [0.15, 0.2) is 18.2 Å². The first-order chi connectivity index (χ1) is 7.14. The summed E-state index contributed by atoms with van der Waals surface area (Å²) in [6.07, 6.45) is 0.929. The van der Waals surface area contributed by atoms with Crippen molar-refractivity contribution >= 4 is 23.2 Å². The highest BCUT2D eigenvalue weighted by molar-refractivity contribution is 6.42. The van der Waals surface area contributed by atoms with Gasteiger partial charge in [0, 0.05) is 18.6 Å². The van der Waals surface area contributed by atoms with Gasteiger partial charge in [0.15, 0.2) is 0 Å². The van der Waals surface area contributed by atoms with Crippen molar-refractivity contribution in [2.45, 2.75) is 11.8 Å². The van der Waals surface area contributed by atoms with E-state index in [4.69, 9.17) is 34.0 Å². The molecular formula is C11H13Cl2NO. The zero-order valence-electron chi connectivity index (χ0n) is 8.21. The second kappa shape index (κ2) is 3.95. The normalized spacial score (nSPS) is 29.2. The Morgan fingerprint density at radius 1 is 1.40 bits per heavy atom. The first-order valence-corrected chi connectivity index (χ1v) is 5.66. The van der Waals surface area contributed by atoms with Crippen molar-refractivity contribution in [3.63, 3.8) is 0 Å². The lowest BCUT2D eigenvalue weighted by atomic mass is 9.93. The predicted octanol–water partition coefficient (Wildman–Crippen LogP) is 2.20. The molecule has 0 bridgehead atoms. The molecule has 2 nitrogen and oxygen atoms in total. The van der Waals surface area contributed by atoms with Crippen LogP contribution >= 0.6 is 23.2 Å². The number of aliphatic hydroxyl groups excluding tert-OH is 1. The van der Waals surface area contributed by atoms with Gasteiger partial charge >= 0.3 is 0 Å². The number of hydrogen-bond acceptors (Lipinski definition) is 2. The van der Waals surface area contributed by atoms with Crippen LogP contribution in [0.4, 0.5) is 0 Å². The van der Waals surface area contributed by atoms with E-state index in [0.29, 0.717) is 16.6 Å². The molecule has 0 aliphatic heterocycles. The molecular weight excluding hydrogens is 233 g/mol. The summed E-state index contributed by atoms with van der Waals surface area (Å²) in [5, 5.41) is 10.2. The Bertz CT molecular complexity index is 383. The van der Waals surface area contributed by atoms with Crippen LogP contribution in [0.5, 0.6) is 0 Å². The van der Waals surface area contributed by atoms with Crippen molar-refractivity contribution in [1.82, 2.24) is 0 Å². The van der Waals surface area contributed by atoms with Crippen LogP contribution < -0.4 is 5.73 Å². The summed E-state index contributed by atoms with van der Waals surface area (Å²) in [6.45, 7) is 0.716. The molecule has 0 spiro atoms. The van der Waals surface area contributed by atoms with Crippen molar-refractivity contribution in [2.24, 2.45) is 11.7 Å². The van der Waals surface area contributed by atoms with Crippen molar-refractivity contribution in [1.29, 1.82) is 0 Å². The largest absolute Gasteiger partial charge is 0.396 e. The summed E-state index contributed by atoms with van der Waals surface area (Å²) < 4.78 is 0. The van der Waals surface area contributed by atoms with Gasteiger partial charge in [-0.3, -0.25) is 0 Å². The molecule has 1 aliphatic carbocycles. The number of hydrogen-bond donors (Lipinski definition) is 2. The van der Waals surface area contributed by atoms with Gasteiger partial charge in [-0.05, 0) is 30.0 Å². The van der Waals surface area contributed by atoms with Crippen molar-refractivity contribution in [3.05, 3.63) is 33.8 Å². The molecule has 0 heterocycles. The van der Waals surface area contributed by atoms with E-state index in [1.54, 1.807) is 6.07 Å². The molecule has 0 radical (unpaired) electrons. The fraction of sp³-hybridized carbons (Fsp3) is 0.455. The molecule has 4 heteroatoms. The topological polar surface area (TPSA) is 46.2 Å². The molecule has 82 valence electrons. The third-order valence-electron chi connectivity index (χ3n) is 3.31. The van der Waals surface area contributed by atoms with Gasteiger partial charge in [0.05, 0.1) is 10.0 Å². The summed E-state index contributed by atoms with van der Waals surface area (Å²) in [5.41, 5.74) is 6.77. The van der Waals surface area contributed by atoms with E-state index in [1.807, 2.05) is 12.1 Å². The average Bonchev–Trinajstić information content (AvgIpc) is 2.97. The van der Waals surface area contributed by atoms with E-state index >= 15 is 0 Å². The fourth-order valence-corrected chi connectivity index (χ4v) is 2.45. The summed E-state index contributed by atoms with van der Waals surface area (Å²) in [7, 11) is 0. The lowest BCUT2D eigenvalue weighted by Gasteiger charge is -2.15. The highest BCUT2D eigenvalue weighted by Gasteiger charge is 2.53. The minimum Gasteiger partial charge on any atom is -0.396 e. The van der Waals surface area contributed by atoms with Gasteiger partial charge in [0.25, 0.3) is 0 Å². The molecule has 1 aliphatic rings. The lowest BCUT2D eigenvalue weighted by Crippen LogP contribution is -2.23. The van der Waals surface area contributed by atoms with Crippen LogP contribution in [-0.4, -0.2) is 18.3 Å². The predicted molar refractivity (Wildman–Crippen MR) is 62.4 cm³/mol. The fourth-order valence-electron chi connectivity index (χ4n) is 2.15. The van der Waals surface area contributed by atoms with E-state index < -0.39 is 0 Å². The smallest absolute Gasteiger partial charge is 0.0595 e. The van der Waals surface area contributed by atoms with Gasteiger partial charge in [-0.2, -0.15) is 0 Å². The number of nitrogens with two attached hydrogens (primary N) is 1. The molecule has 0 amide bonds.